The first kappa shape index (κ1) is 25.8. The summed E-state index contributed by atoms with van der Waals surface area (Å²) >= 11 is 11.8. The van der Waals surface area contributed by atoms with Gasteiger partial charge in [-0.25, -0.2) is 4.98 Å². The van der Waals surface area contributed by atoms with Gasteiger partial charge in [-0.15, -0.1) is 0 Å². The lowest BCUT2D eigenvalue weighted by Crippen LogP contribution is -2.34. The van der Waals surface area contributed by atoms with Crippen molar-refractivity contribution in [1.29, 1.82) is 0 Å². The summed E-state index contributed by atoms with van der Waals surface area (Å²) in [5.41, 5.74) is 0.768. The van der Waals surface area contributed by atoms with Gasteiger partial charge >= 0.3 is 5.97 Å². The molecule has 0 atom stereocenters. The van der Waals surface area contributed by atoms with Crippen LogP contribution >= 0.6 is 23.2 Å². The molecule has 0 spiro atoms. The maximum atomic E-state index is 12.3. The summed E-state index contributed by atoms with van der Waals surface area (Å²) in [5, 5.41) is 6.10. The number of nitrogens with zero attached hydrogens (tertiary/aromatic N) is 1. The Bertz CT molecular complexity index is 1010. The molecule has 2 N–H and O–H groups in total. The molecule has 1 aliphatic carbocycles. The van der Waals surface area contributed by atoms with E-state index < -0.39 is 0 Å². The molecule has 0 unspecified atom stereocenters. The Morgan fingerprint density at radius 2 is 1.59 bits per heavy atom. The first-order chi connectivity index (χ1) is 16.4. The summed E-state index contributed by atoms with van der Waals surface area (Å²) in [4.78, 5) is 40.5. The Hall–Kier alpha value is -2.84. The fraction of sp³-hybridized carbons (Fsp3) is 0.417. The number of carbonyl (C=O) groups is 3. The molecule has 2 aromatic rings. The van der Waals surface area contributed by atoms with Crippen LogP contribution in [0.2, 0.25) is 10.0 Å². The van der Waals surface area contributed by atoms with Crippen LogP contribution in [0.25, 0.3) is 0 Å². The highest BCUT2D eigenvalue weighted by molar-refractivity contribution is 6.42. The molecule has 1 heterocycles. The van der Waals surface area contributed by atoms with Gasteiger partial charge in [0.05, 0.1) is 28.1 Å². The Balaban J connectivity index is 1.38. The van der Waals surface area contributed by atoms with Crippen molar-refractivity contribution in [2.75, 3.05) is 19.7 Å². The monoisotopic (exact) mass is 507 g/mol. The molecule has 3 rings (SSSR count). The highest BCUT2D eigenvalue weighted by atomic mass is 35.5. The summed E-state index contributed by atoms with van der Waals surface area (Å²) in [6.07, 6.45) is 4.39. The van der Waals surface area contributed by atoms with Crippen molar-refractivity contribution in [2.45, 2.75) is 38.7 Å². The zero-order chi connectivity index (χ0) is 24.5. The molecular weight excluding hydrogens is 481 g/mol. The van der Waals surface area contributed by atoms with Crippen LogP contribution in [-0.2, 0) is 9.53 Å². The van der Waals surface area contributed by atoms with Crippen LogP contribution in [-0.4, -0.2) is 48.6 Å². The van der Waals surface area contributed by atoms with E-state index in [0.29, 0.717) is 33.7 Å². The van der Waals surface area contributed by atoms with Crippen LogP contribution in [0.15, 0.2) is 36.5 Å². The minimum Gasteiger partial charge on any atom is -0.474 e. The molecule has 0 aliphatic heterocycles. The molecule has 2 amide bonds. The second-order valence-electron chi connectivity index (χ2n) is 7.87. The van der Waals surface area contributed by atoms with E-state index in [1.54, 1.807) is 31.2 Å². The summed E-state index contributed by atoms with van der Waals surface area (Å²) in [7, 11) is 0. The van der Waals surface area contributed by atoms with Crippen molar-refractivity contribution >= 4 is 41.0 Å². The highest BCUT2D eigenvalue weighted by Gasteiger charge is 2.28. The molecule has 182 valence electrons. The maximum Gasteiger partial charge on any atom is 0.308 e. The Morgan fingerprint density at radius 3 is 2.18 bits per heavy atom. The van der Waals surface area contributed by atoms with Crippen LogP contribution in [0.3, 0.4) is 0 Å². The van der Waals surface area contributed by atoms with Gasteiger partial charge in [0.25, 0.3) is 11.8 Å². The average Bonchev–Trinajstić information content (AvgIpc) is 2.84. The molecule has 1 aromatic carbocycles. The van der Waals surface area contributed by atoms with Crippen molar-refractivity contribution in [1.82, 2.24) is 15.6 Å². The predicted octanol–water partition coefficient (Wildman–Crippen LogP) is 4.05. The van der Waals surface area contributed by atoms with E-state index in [4.69, 9.17) is 32.7 Å². The van der Waals surface area contributed by atoms with Crippen LogP contribution in [0.1, 0.15) is 53.3 Å². The van der Waals surface area contributed by atoms with Crippen LogP contribution in [0, 0.1) is 5.92 Å². The molecule has 1 aliphatic rings. The van der Waals surface area contributed by atoms with Crippen molar-refractivity contribution in [2.24, 2.45) is 5.92 Å². The number of amides is 2. The third-order valence-electron chi connectivity index (χ3n) is 5.46. The van der Waals surface area contributed by atoms with Gasteiger partial charge in [-0.05, 0) is 56.9 Å². The van der Waals surface area contributed by atoms with E-state index in [1.165, 1.54) is 12.3 Å². The number of hydrogen-bond acceptors (Lipinski definition) is 6. The van der Waals surface area contributed by atoms with Crippen molar-refractivity contribution in [3.63, 3.8) is 0 Å². The largest absolute Gasteiger partial charge is 0.474 e. The SMILES string of the molecule is CCOC(=O)C1CCC(Oc2ccc(C(=O)NCCNC(=O)c3ccc(Cl)c(Cl)c3)cn2)CC1. The van der Waals surface area contributed by atoms with Gasteiger partial charge in [0.1, 0.15) is 6.10 Å². The highest BCUT2D eigenvalue weighted by Crippen LogP contribution is 2.28. The summed E-state index contributed by atoms with van der Waals surface area (Å²) < 4.78 is 11.0. The van der Waals surface area contributed by atoms with E-state index in [0.717, 1.165) is 25.7 Å². The molecule has 34 heavy (non-hydrogen) atoms. The van der Waals surface area contributed by atoms with Gasteiger partial charge in [-0.3, -0.25) is 14.4 Å². The predicted molar refractivity (Wildman–Crippen MR) is 128 cm³/mol. The zero-order valence-electron chi connectivity index (χ0n) is 18.8. The van der Waals surface area contributed by atoms with Gasteiger partial charge < -0.3 is 20.1 Å². The third kappa shape index (κ3) is 7.33. The van der Waals surface area contributed by atoms with E-state index >= 15 is 0 Å². The first-order valence-electron chi connectivity index (χ1n) is 11.2. The summed E-state index contributed by atoms with van der Waals surface area (Å²) in [6, 6.07) is 7.90. The molecule has 8 nitrogen and oxygen atoms in total. The minimum absolute atomic E-state index is 0.0167. The Morgan fingerprint density at radius 1 is 0.941 bits per heavy atom. The standard InChI is InChI=1S/C24H27Cl2N3O5/c1-2-33-24(32)15-3-7-18(8-4-15)34-21-10-6-17(14-29-21)23(31)28-12-11-27-22(30)16-5-9-19(25)20(26)13-16/h5-6,9-10,13-15,18H,2-4,7-8,11-12H2,1H3,(H,27,30)(H,28,31). The number of ether oxygens (including phenoxy) is 2. The van der Waals surface area contributed by atoms with Gasteiger partial charge in [-0.1, -0.05) is 23.2 Å². The van der Waals surface area contributed by atoms with Crippen molar-refractivity contribution < 1.29 is 23.9 Å². The number of rotatable bonds is 9. The zero-order valence-corrected chi connectivity index (χ0v) is 20.3. The number of pyridine rings is 1. The molecule has 0 saturated heterocycles. The number of aromatic nitrogens is 1. The summed E-state index contributed by atoms with van der Waals surface area (Å²) in [5.74, 6) is -0.383. The smallest absolute Gasteiger partial charge is 0.308 e. The molecule has 1 fully saturated rings. The van der Waals surface area contributed by atoms with Crippen LogP contribution < -0.4 is 15.4 Å². The number of hydrogen-bond donors (Lipinski definition) is 2. The molecule has 10 heteroatoms. The quantitative estimate of drug-likeness (QED) is 0.391. The average molecular weight is 508 g/mol. The lowest BCUT2D eigenvalue weighted by atomic mass is 9.87. The van der Waals surface area contributed by atoms with E-state index in [1.807, 2.05) is 0 Å². The fourth-order valence-corrected chi connectivity index (χ4v) is 3.92. The fourth-order valence-electron chi connectivity index (χ4n) is 3.63. The third-order valence-corrected chi connectivity index (χ3v) is 6.20. The summed E-state index contributed by atoms with van der Waals surface area (Å²) in [6.45, 7) is 2.69. The molecular formula is C24H27Cl2N3O5. The second-order valence-corrected chi connectivity index (χ2v) is 8.68. The number of esters is 1. The normalized spacial score (nSPS) is 17.5. The van der Waals surface area contributed by atoms with Gasteiger partial charge in [0.15, 0.2) is 0 Å². The topological polar surface area (TPSA) is 107 Å². The number of carbonyl (C=O) groups excluding carboxylic acids is 3. The van der Waals surface area contributed by atoms with E-state index in [9.17, 15) is 14.4 Å². The van der Waals surface area contributed by atoms with Crippen LogP contribution in [0.5, 0.6) is 5.88 Å². The van der Waals surface area contributed by atoms with E-state index in [-0.39, 0.29) is 42.9 Å². The lowest BCUT2D eigenvalue weighted by Gasteiger charge is -2.27. The van der Waals surface area contributed by atoms with Gasteiger partial charge in [0, 0.05) is 30.9 Å². The maximum absolute atomic E-state index is 12.3. The van der Waals surface area contributed by atoms with Gasteiger partial charge in [0.2, 0.25) is 5.88 Å². The van der Waals surface area contributed by atoms with E-state index in [2.05, 4.69) is 15.6 Å². The number of nitrogens with one attached hydrogen (secondary N) is 2. The molecule has 0 radical (unpaired) electrons. The molecule has 1 saturated carbocycles. The lowest BCUT2D eigenvalue weighted by molar-refractivity contribution is -0.149. The van der Waals surface area contributed by atoms with Crippen molar-refractivity contribution in [3.8, 4) is 5.88 Å². The molecule has 0 bridgehead atoms. The van der Waals surface area contributed by atoms with Gasteiger partial charge in [-0.2, -0.15) is 0 Å². The Kier molecular flexibility index (Phi) is 9.53. The molecule has 1 aromatic heterocycles. The van der Waals surface area contributed by atoms with Crippen LogP contribution in [0.4, 0.5) is 0 Å². The number of benzene rings is 1. The first-order valence-corrected chi connectivity index (χ1v) is 11.9. The van der Waals surface area contributed by atoms with Crippen molar-refractivity contribution in [3.05, 3.63) is 57.7 Å². The minimum atomic E-state index is -0.313. The number of halogens is 2. The second kappa shape index (κ2) is 12.6. The Labute approximate surface area is 208 Å².